The normalized spacial score (nSPS) is 11.9. The highest BCUT2D eigenvalue weighted by atomic mass is 35.5. The molecule has 114 valence electrons. The molecule has 0 aliphatic heterocycles. The molecule has 21 heavy (non-hydrogen) atoms. The van der Waals surface area contributed by atoms with Crippen molar-refractivity contribution in [3.63, 3.8) is 0 Å². The maximum absolute atomic E-state index is 12.2. The summed E-state index contributed by atoms with van der Waals surface area (Å²) in [5.41, 5.74) is 0.731. The summed E-state index contributed by atoms with van der Waals surface area (Å²) in [6.07, 6.45) is 1.63. The highest BCUT2D eigenvalue weighted by Crippen LogP contribution is 2.12. The summed E-state index contributed by atoms with van der Waals surface area (Å²) in [6.45, 7) is 0.637. The van der Waals surface area contributed by atoms with Crippen LogP contribution in [-0.4, -0.2) is 39.5 Å². The van der Waals surface area contributed by atoms with Crippen molar-refractivity contribution in [2.45, 2.75) is 6.42 Å². The van der Waals surface area contributed by atoms with Gasteiger partial charge in [-0.15, -0.1) is 0 Å². The molecule has 7 heteroatoms. The Hall–Kier alpha value is -1.39. The van der Waals surface area contributed by atoms with Gasteiger partial charge in [0, 0.05) is 37.1 Å². The van der Waals surface area contributed by atoms with Crippen LogP contribution in [0.5, 0.6) is 0 Å². The van der Waals surface area contributed by atoms with E-state index in [1.165, 1.54) is 17.5 Å². The minimum Gasteiger partial charge on any atom is -0.383 e. The zero-order valence-electron chi connectivity index (χ0n) is 11.7. The van der Waals surface area contributed by atoms with Crippen molar-refractivity contribution in [3.8, 4) is 6.07 Å². The fourth-order valence-electron chi connectivity index (χ4n) is 1.56. The summed E-state index contributed by atoms with van der Waals surface area (Å²) in [5.74, 6) is 0. The number of nitrogens with zero attached hydrogens (tertiary/aromatic N) is 2. The van der Waals surface area contributed by atoms with Crippen molar-refractivity contribution >= 4 is 27.7 Å². The Bertz CT molecular complexity index is 606. The van der Waals surface area contributed by atoms with Crippen LogP contribution in [0, 0.1) is 11.3 Å². The first-order chi connectivity index (χ1) is 9.99. The third-order valence-electron chi connectivity index (χ3n) is 2.68. The number of ether oxygens (including phenoxy) is 1. The Labute approximate surface area is 130 Å². The van der Waals surface area contributed by atoms with Crippen molar-refractivity contribution in [3.05, 3.63) is 40.3 Å². The van der Waals surface area contributed by atoms with Crippen LogP contribution in [0.25, 0.3) is 6.08 Å². The minimum atomic E-state index is -3.59. The molecule has 0 heterocycles. The lowest BCUT2D eigenvalue weighted by atomic mass is 10.2. The van der Waals surface area contributed by atoms with Gasteiger partial charge in [0.05, 0.1) is 12.7 Å². The van der Waals surface area contributed by atoms with Crippen LogP contribution in [0.2, 0.25) is 5.02 Å². The van der Waals surface area contributed by atoms with E-state index in [4.69, 9.17) is 21.6 Å². The fraction of sp³-hybridized carbons (Fsp3) is 0.357. The Morgan fingerprint density at radius 2 is 2.00 bits per heavy atom. The third kappa shape index (κ3) is 6.27. The predicted octanol–water partition coefficient (Wildman–Crippen LogP) is 2.50. The van der Waals surface area contributed by atoms with Crippen LogP contribution >= 0.6 is 11.6 Å². The van der Waals surface area contributed by atoms with E-state index in [0.717, 1.165) is 11.0 Å². The quantitative estimate of drug-likeness (QED) is 0.735. The van der Waals surface area contributed by atoms with Crippen LogP contribution in [-0.2, 0) is 14.8 Å². The average molecular weight is 329 g/mol. The van der Waals surface area contributed by atoms with Gasteiger partial charge in [0.25, 0.3) is 0 Å². The number of hydrogen-bond donors (Lipinski definition) is 0. The van der Waals surface area contributed by atoms with Gasteiger partial charge in [-0.25, -0.2) is 8.42 Å². The predicted molar refractivity (Wildman–Crippen MR) is 83.1 cm³/mol. The van der Waals surface area contributed by atoms with Gasteiger partial charge in [0.2, 0.25) is 10.0 Å². The van der Waals surface area contributed by atoms with Gasteiger partial charge in [-0.3, -0.25) is 0 Å². The number of halogens is 1. The monoisotopic (exact) mass is 328 g/mol. The minimum absolute atomic E-state index is 0.137. The molecular weight excluding hydrogens is 312 g/mol. The molecule has 0 aliphatic rings. The second-order valence-corrected chi connectivity index (χ2v) is 6.45. The van der Waals surface area contributed by atoms with Gasteiger partial charge in [-0.05, 0) is 23.8 Å². The molecule has 0 saturated heterocycles. The number of benzene rings is 1. The SMILES string of the molecule is COCCN(CCC#N)S(=O)(=O)C=Cc1ccc(Cl)cc1. The molecule has 1 aromatic carbocycles. The van der Waals surface area contributed by atoms with Crippen LogP contribution in [0.4, 0.5) is 0 Å². The van der Waals surface area contributed by atoms with Gasteiger partial charge in [-0.2, -0.15) is 9.57 Å². The highest BCUT2D eigenvalue weighted by molar-refractivity contribution is 7.92. The van der Waals surface area contributed by atoms with Gasteiger partial charge in [0.15, 0.2) is 0 Å². The van der Waals surface area contributed by atoms with Crippen LogP contribution in [0.1, 0.15) is 12.0 Å². The molecule has 0 aliphatic carbocycles. The summed E-state index contributed by atoms with van der Waals surface area (Å²) in [7, 11) is -2.09. The number of methoxy groups -OCH3 is 1. The molecule has 1 aromatic rings. The molecule has 0 fully saturated rings. The van der Waals surface area contributed by atoms with E-state index in [0.29, 0.717) is 5.02 Å². The second kappa shape index (κ2) is 8.80. The zero-order valence-corrected chi connectivity index (χ0v) is 13.3. The van der Waals surface area contributed by atoms with Gasteiger partial charge in [-0.1, -0.05) is 23.7 Å². The smallest absolute Gasteiger partial charge is 0.236 e. The summed E-state index contributed by atoms with van der Waals surface area (Å²) < 4.78 is 30.6. The van der Waals surface area contributed by atoms with E-state index in [1.807, 2.05) is 6.07 Å². The van der Waals surface area contributed by atoms with E-state index in [1.54, 1.807) is 24.3 Å². The molecule has 0 radical (unpaired) electrons. The lowest BCUT2D eigenvalue weighted by Crippen LogP contribution is -2.33. The molecule has 0 spiro atoms. The summed E-state index contributed by atoms with van der Waals surface area (Å²) >= 11 is 5.77. The van der Waals surface area contributed by atoms with E-state index in [9.17, 15) is 8.42 Å². The van der Waals surface area contributed by atoms with E-state index in [-0.39, 0.29) is 26.1 Å². The maximum atomic E-state index is 12.2. The van der Waals surface area contributed by atoms with Crippen LogP contribution < -0.4 is 0 Å². The van der Waals surface area contributed by atoms with E-state index < -0.39 is 10.0 Å². The topological polar surface area (TPSA) is 70.4 Å². The second-order valence-electron chi connectivity index (χ2n) is 4.20. The molecule has 1 rings (SSSR count). The van der Waals surface area contributed by atoms with Gasteiger partial charge < -0.3 is 4.74 Å². The third-order valence-corrected chi connectivity index (χ3v) is 4.50. The lowest BCUT2D eigenvalue weighted by Gasteiger charge is -2.18. The van der Waals surface area contributed by atoms with Crippen LogP contribution in [0.3, 0.4) is 0 Å². The van der Waals surface area contributed by atoms with E-state index >= 15 is 0 Å². The molecule has 0 bridgehead atoms. The Morgan fingerprint density at radius 1 is 1.33 bits per heavy atom. The fourth-order valence-corrected chi connectivity index (χ4v) is 2.86. The highest BCUT2D eigenvalue weighted by Gasteiger charge is 2.18. The summed E-state index contributed by atoms with van der Waals surface area (Å²) in [5, 5.41) is 10.3. The molecular formula is C14H17ClN2O3S. The molecule has 0 aromatic heterocycles. The molecule has 0 unspecified atom stereocenters. The molecule has 0 atom stereocenters. The first-order valence-corrected chi connectivity index (χ1v) is 8.17. The van der Waals surface area contributed by atoms with Crippen molar-refractivity contribution < 1.29 is 13.2 Å². The first kappa shape index (κ1) is 17.7. The van der Waals surface area contributed by atoms with Crippen LogP contribution in [0.15, 0.2) is 29.7 Å². The van der Waals surface area contributed by atoms with Gasteiger partial charge in [0.1, 0.15) is 0 Å². The van der Waals surface area contributed by atoms with Crippen molar-refractivity contribution in [1.29, 1.82) is 5.26 Å². The Balaban J connectivity index is 2.84. The standard InChI is InChI=1S/C14H17ClN2O3S/c1-20-11-10-17(9-2-8-16)21(18,19)12-7-13-3-5-14(15)6-4-13/h3-7,12H,2,9-11H2,1H3. The average Bonchev–Trinajstić information content (AvgIpc) is 2.46. The van der Waals surface area contributed by atoms with Crippen molar-refractivity contribution in [2.24, 2.45) is 0 Å². The lowest BCUT2D eigenvalue weighted by molar-refractivity contribution is 0.180. The largest absolute Gasteiger partial charge is 0.383 e. The number of sulfonamides is 1. The summed E-state index contributed by atoms with van der Waals surface area (Å²) in [6, 6.07) is 8.77. The van der Waals surface area contributed by atoms with E-state index in [2.05, 4.69) is 0 Å². The Kier molecular flexibility index (Phi) is 7.40. The molecule has 0 amide bonds. The first-order valence-electron chi connectivity index (χ1n) is 6.29. The molecule has 0 N–H and O–H groups in total. The number of nitriles is 1. The number of rotatable bonds is 8. The maximum Gasteiger partial charge on any atom is 0.236 e. The van der Waals surface area contributed by atoms with Gasteiger partial charge >= 0.3 is 0 Å². The molecule has 5 nitrogen and oxygen atoms in total. The zero-order chi connectivity index (χ0) is 15.7. The van der Waals surface area contributed by atoms with Crippen molar-refractivity contribution in [1.82, 2.24) is 4.31 Å². The molecule has 0 saturated carbocycles. The van der Waals surface area contributed by atoms with Crippen molar-refractivity contribution in [2.75, 3.05) is 26.8 Å². The Morgan fingerprint density at radius 3 is 2.57 bits per heavy atom. The number of hydrogen-bond acceptors (Lipinski definition) is 4. The summed E-state index contributed by atoms with van der Waals surface area (Å²) in [4.78, 5) is 0.